The van der Waals surface area contributed by atoms with Crippen LogP contribution in [0.25, 0.3) is 11.0 Å². The third-order valence-corrected chi connectivity index (χ3v) is 4.35. The van der Waals surface area contributed by atoms with Gasteiger partial charge in [-0.05, 0) is 39.0 Å². The minimum Gasteiger partial charge on any atom is -0.325 e. The lowest BCUT2D eigenvalue weighted by molar-refractivity contribution is 0.221. The van der Waals surface area contributed by atoms with Crippen LogP contribution >= 0.6 is 11.6 Å². The Bertz CT molecular complexity index is 648. The van der Waals surface area contributed by atoms with Crippen LogP contribution < -0.4 is 0 Å². The van der Waals surface area contributed by atoms with E-state index in [0.29, 0.717) is 17.8 Å². The van der Waals surface area contributed by atoms with Crippen molar-refractivity contribution in [1.29, 1.82) is 0 Å². The molecular formula is C15H18ClF2N3. The minimum atomic E-state index is -0.604. The maximum absolute atomic E-state index is 14.0. The van der Waals surface area contributed by atoms with Crippen molar-refractivity contribution in [2.75, 3.05) is 26.0 Å². The molecule has 0 radical (unpaired) electrons. The molecule has 0 spiro atoms. The Kier molecular flexibility index (Phi) is 4.13. The molecule has 1 fully saturated rings. The molecule has 2 heterocycles. The molecule has 1 aromatic carbocycles. The van der Waals surface area contributed by atoms with Crippen molar-refractivity contribution in [3.63, 3.8) is 0 Å². The fourth-order valence-corrected chi connectivity index (χ4v) is 3.26. The molecule has 21 heavy (non-hydrogen) atoms. The highest BCUT2D eigenvalue weighted by atomic mass is 35.5. The number of imidazole rings is 1. The van der Waals surface area contributed by atoms with Gasteiger partial charge in [-0.3, -0.25) is 0 Å². The van der Waals surface area contributed by atoms with Gasteiger partial charge in [0.1, 0.15) is 17.2 Å². The number of alkyl halides is 1. The van der Waals surface area contributed by atoms with E-state index in [1.54, 1.807) is 0 Å². The molecule has 1 aliphatic rings. The number of aromatic nitrogens is 2. The summed E-state index contributed by atoms with van der Waals surface area (Å²) >= 11 is 5.84. The Labute approximate surface area is 127 Å². The number of hydrogen-bond acceptors (Lipinski definition) is 2. The van der Waals surface area contributed by atoms with E-state index in [-0.39, 0.29) is 11.6 Å². The van der Waals surface area contributed by atoms with E-state index < -0.39 is 11.6 Å². The van der Waals surface area contributed by atoms with Crippen LogP contribution in [0.1, 0.15) is 24.7 Å². The van der Waals surface area contributed by atoms with Crippen LogP contribution in [-0.4, -0.2) is 40.5 Å². The van der Waals surface area contributed by atoms with Gasteiger partial charge in [-0.25, -0.2) is 13.8 Å². The van der Waals surface area contributed by atoms with Crippen LogP contribution in [0.3, 0.4) is 0 Å². The summed E-state index contributed by atoms with van der Waals surface area (Å²) in [4.78, 5) is 6.62. The van der Waals surface area contributed by atoms with Gasteiger partial charge in [0, 0.05) is 24.4 Å². The molecule has 0 amide bonds. The SMILES string of the molecule is CN1CCC(n2c(CCCl)nc3c(F)cc(F)cc32)CC1. The molecule has 114 valence electrons. The summed E-state index contributed by atoms with van der Waals surface area (Å²) in [6.07, 6.45) is 2.47. The molecule has 0 aliphatic carbocycles. The largest absolute Gasteiger partial charge is 0.325 e. The summed E-state index contributed by atoms with van der Waals surface area (Å²) in [6, 6.07) is 2.49. The predicted octanol–water partition coefficient (Wildman–Crippen LogP) is 3.36. The smallest absolute Gasteiger partial charge is 0.153 e. The lowest BCUT2D eigenvalue weighted by atomic mass is 10.0. The summed E-state index contributed by atoms with van der Waals surface area (Å²) in [5.41, 5.74) is 0.789. The van der Waals surface area contributed by atoms with Crippen molar-refractivity contribution in [2.24, 2.45) is 0 Å². The summed E-state index contributed by atoms with van der Waals surface area (Å²) in [5.74, 6) is -0.00176. The topological polar surface area (TPSA) is 21.1 Å². The van der Waals surface area contributed by atoms with Gasteiger partial charge in [0.15, 0.2) is 5.82 Å². The second kappa shape index (κ2) is 5.89. The number of nitrogens with zero attached hydrogens (tertiary/aromatic N) is 3. The van der Waals surface area contributed by atoms with Crippen molar-refractivity contribution in [1.82, 2.24) is 14.5 Å². The summed E-state index contributed by atoms with van der Waals surface area (Å²) < 4.78 is 29.5. The van der Waals surface area contributed by atoms with Gasteiger partial charge in [-0.15, -0.1) is 11.6 Å². The average molecular weight is 314 g/mol. The molecular weight excluding hydrogens is 296 g/mol. The third kappa shape index (κ3) is 2.77. The summed E-state index contributed by atoms with van der Waals surface area (Å²) in [5, 5.41) is 0. The molecule has 0 bridgehead atoms. The van der Waals surface area contributed by atoms with Gasteiger partial charge >= 0.3 is 0 Å². The quantitative estimate of drug-likeness (QED) is 0.810. The number of piperidine rings is 1. The van der Waals surface area contributed by atoms with Crippen LogP contribution in [0.2, 0.25) is 0 Å². The van der Waals surface area contributed by atoms with E-state index in [1.807, 2.05) is 4.57 Å². The van der Waals surface area contributed by atoms with Gasteiger partial charge in [0.2, 0.25) is 0 Å². The summed E-state index contributed by atoms with van der Waals surface area (Å²) in [6.45, 7) is 1.95. The molecule has 0 atom stereocenters. The number of likely N-dealkylation sites (tertiary alicyclic amines) is 1. The van der Waals surface area contributed by atoms with E-state index in [2.05, 4.69) is 16.9 Å². The lowest BCUT2D eigenvalue weighted by Crippen LogP contribution is -2.32. The van der Waals surface area contributed by atoms with E-state index in [9.17, 15) is 8.78 Å². The molecule has 3 nitrogen and oxygen atoms in total. The fraction of sp³-hybridized carbons (Fsp3) is 0.533. The summed E-state index contributed by atoms with van der Waals surface area (Å²) in [7, 11) is 2.08. The zero-order chi connectivity index (χ0) is 15.0. The van der Waals surface area contributed by atoms with Gasteiger partial charge in [0.05, 0.1) is 5.52 Å². The molecule has 3 rings (SSSR count). The molecule has 0 unspecified atom stereocenters. The number of benzene rings is 1. The van der Waals surface area contributed by atoms with Crippen LogP contribution in [0.5, 0.6) is 0 Å². The zero-order valence-electron chi connectivity index (χ0n) is 12.0. The van der Waals surface area contributed by atoms with Gasteiger partial charge in [-0.2, -0.15) is 0 Å². The highest BCUT2D eigenvalue weighted by molar-refractivity contribution is 6.17. The van der Waals surface area contributed by atoms with Crippen LogP contribution in [0, 0.1) is 11.6 Å². The van der Waals surface area contributed by atoms with E-state index in [4.69, 9.17) is 11.6 Å². The highest BCUT2D eigenvalue weighted by Gasteiger charge is 2.24. The molecule has 1 aromatic heterocycles. The predicted molar refractivity (Wildman–Crippen MR) is 79.8 cm³/mol. The molecule has 0 saturated carbocycles. The molecule has 6 heteroatoms. The number of halogens is 3. The Morgan fingerprint density at radius 1 is 1.29 bits per heavy atom. The Balaban J connectivity index is 2.11. The van der Waals surface area contributed by atoms with Gasteiger partial charge in [-0.1, -0.05) is 0 Å². The average Bonchev–Trinajstić information content (AvgIpc) is 2.79. The normalized spacial score (nSPS) is 17.7. The van der Waals surface area contributed by atoms with Crippen molar-refractivity contribution in [3.8, 4) is 0 Å². The third-order valence-electron chi connectivity index (χ3n) is 4.16. The zero-order valence-corrected chi connectivity index (χ0v) is 12.7. The monoisotopic (exact) mass is 313 g/mol. The van der Waals surface area contributed by atoms with Crippen molar-refractivity contribution in [3.05, 3.63) is 29.6 Å². The Hall–Kier alpha value is -1.20. The van der Waals surface area contributed by atoms with Crippen LogP contribution in [-0.2, 0) is 6.42 Å². The molecule has 1 saturated heterocycles. The van der Waals surface area contributed by atoms with Gasteiger partial charge in [0.25, 0.3) is 0 Å². The second-order valence-corrected chi connectivity index (χ2v) is 6.00. The van der Waals surface area contributed by atoms with Crippen molar-refractivity contribution < 1.29 is 8.78 Å². The van der Waals surface area contributed by atoms with E-state index in [0.717, 1.165) is 37.8 Å². The van der Waals surface area contributed by atoms with Gasteiger partial charge < -0.3 is 9.47 Å². The first-order valence-corrected chi connectivity index (χ1v) is 7.74. The van der Waals surface area contributed by atoms with Crippen molar-refractivity contribution >= 4 is 22.6 Å². The maximum atomic E-state index is 14.0. The molecule has 2 aromatic rings. The maximum Gasteiger partial charge on any atom is 0.153 e. The first kappa shape index (κ1) is 14.7. The first-order chi connectivity index (χ1) is 10.1. The standard InChI is InChI=1S/C15H18ClF2N3/c1-20-6-3-11(4-7-20)21-13-9-10(17)8-12(18)15(13)19-14(21)2-5-16/h8-9,11H,2-7H2,1H3. The van der Waals surface area contributed by atoms with Crippen molar-refractivity contribution in [2.45, 2.75) is 25.3 Å². The van der Waals surface area contributed by atoms with E-state index in [1.165, 1.54) is 6.07 Å². The number of aryl methyl sites for hydroxylation is 1. The Morgan fingerprint density at radius 3 is 2.67 bits per heavy atom. The number of fused-ring (bicyclic) bond motifs is 1. The first-order valence-electron chi connectivity index (χ1n) is 7.20. The number of rotatable bonds is 3. The van der Waals surface area contributed by atoms with Crippen LogP contribution in [0.15, 0.2) is 12.1 Å². The number of hydrogen-bond donors (Lipinski definition) is 0. The lowest BCUT2D eigenvalue weighted by Gasteiger charge is -2.31. The fourth-order valence-electron chi connectivity index (χ4n) is 3.09. The molecule has 0 N–H and O–H groups in total. The molecule has 1 aliphatic heterocycles. The second-order valence-electron chi connectivity index (χ2n) is 5.63. The van der Waals surface area contributed by atoms with E-state index >= 15 is 0 Å². The minimum absolute atomic E-state index is 0.227. The highest BCUT2D eigenvalue weighted by Crippen LogP contribution is 2.30. The Morgan fingerprint density at radius 2 is 2.00 bits per heavy atom. The van der Waals surface area contributed by atoms with Crippen LogP contribution in [0.4, 0.5) is 8.78 Å².